The molecule has 3 aromatic carbocycles. The molecule has 0 radical (unpaired) electrons. The Kier molecular flexibility index (Phi) is 2.79. The fraction of sp³-hybridized carbons (Fsp3) is 0.222. The summed E-state index contributed by atoms with van der Waals surface area (Å²) in [7, 11) is 3.30. The average molecular weight is 295 g/mol. The fourth-order valence-electron chi connectivity index (χ4n) is 3.44. The molecule has 1 aliphatic rings. The average Bonchev–Trinajstić information content (AvgIpc) is 2.58. The quantitative estimate of drug-likeness (QED) is 0.559. The SMILES string of the molecule is COc1cc2c3c(c(O)c4ccccc4c3c1OC)NCC2. The predicted octanol–water partition coefficient (Wildman–Crippen LogP) is 3.68. The number of nitrogens with one attached hydrogen (secondary N) is 1. The third kappa shape index (κ3) is 1.58. The molecule has 0 aromatic heterocycles. The van der Waals surface area contributed by atoms with Crippen LogP contribution in [0.1, 0.15) is 5.56 Å². The third-order valence-corrected chi connectivity index (χ3v) is 4.39. The monoisotopic (exact) mass is 295 g/mol. The summed E-state index contributed by atoms with van der Waals surface area (Å²) in [4.78, 5) is 0. The minimum absolute atomic E-state index is 0.302. The molecule has 0 spiro atoms. The van der Waals surface area contributed by atoms with Crippen LogP contribution in [0.15, 0.2) is 30.3 Å². The first-order valence-electron chi connectivity index (χ1n) is 7.31. The van der Waals surface area contributed by atoms with Crippen molar-refractivity contribution in [2.24, 2.45) is 0 Å². The van der Waals surface area contributed by atoms with Crippen LogP contribution < -0.4 is 14.8 Å². The van der Waals surface area contributed by atoms with Gasteiger partial charge in [-0.1, -0.05) is 24.3 Å². The molecule has 0 amide bonds. The van der Waals surface area contributed by atoms with Crippen molar-refractivity contribution >= 4 is 27.2 Å². The van der Waals surface area contributed by atoms with Gasteiger partial charge >= 0.3 is 0 Å². The van der Waals surface area contributed by atoms with Crippen molar-refractivity contribution in [3.63, 3.8) is 0 Å². The van der Waals surface area contributed by atoms with Gasteiger partial charge in [-0.05, 0) is 23.4 Å². The molecule has 4 nitrogen and oxygen atoms in total. The summed E-state index contributed by atoms with van der Waals surface area (Å²) >= 11 is 0. The molecule has 4 rings (SSSR count). The van der Waals surface area contributed by atoms with E-state index in [9.17, 15) is 5.11 Å². The van der Waals surface area contributed by atoms with Crippen LogP contribution in [0.4, 0.5) is 5.69 Å². The molecule has 2 N–H and O–H groups in total. The Balaban J connectivity index is 2.33. The lowest BCUT2D eigenvalue weighted by Gasteiger charge is -2.24. The largest absolute Gasteiger partial charge is 0.505 e. The number of fused-ring (bicyclic) bond motifs is 2. The smallest absolute Gasteiger partial charge is 0.169 e. The number of hydrogen-bond donors (Lipinski definition) is 2. The van der Waals surface area contributed by atoms with Crippen molar-refractivity contribution in [2.75, 3.05) is 26.1 Å². The number of benzene rings is 3. The van der Waals surface area contributed by atoms with Gasteiger partial charge in [-0.3, -0.25) is 0 Å². The number of aromatic hydroxyl groups is 1. The number of hydrogen-bond acceptors (Lipinski definition) is 4. The topological polar surface area (TPSA) is 50.7 Å². The summed E-state index contributed by atoms with van der Waals surface area (Å²) in [5.41, 5.74) is 1.96. The fourth-order valence-corrected chi connectivity index (χ4v) is 3.44. The van der Waals surface area contributed by atoms with Crippen LogP contribution in [-0.4, -0.2) is 25.9 Å². The maximum atomic E-state index is 10.7. The number of ether oxygens (including phenoxy) is 2. The molecule has 0 fully saturated rings. The van der Waals surface area contributed by atoms with Crippen LogP contribution in [-0.2, 0) is 6.42 Å². The summed E-state index contributed by atoms with van der Waals surface area (Å²) in [5.74, 6) is 1.74. The van der Waals surface area contributed by atoms with Gasteiger partial charge in [0.15, 0.2) is 11.5 Å². The summed E-state index contributed by atoms with van der Waals surface area (Å²) in [6, 6.07) is 9.85. The van der Waals surface area contributed by atoms with E-state index in [1.54, 1.807) is 14.2 Å². The highest BCUT2D eigenvalue weighted by atomic mass is 16.5. The van der Waals surface area contributed by atoms with E-state index in [2.05, 4.69) is 5.32 Å². The lowest BCUT2D eigenvalue weighted by molar-refractivity contribution is 0.358. The molecular weight excluding hydrogens is 278 g/mol. The van der Waals surface area contributed by atoms with E-state index < -0.39 is 0 Å². The number of methoxy groups -OCH3 is 2. The summed E-state index contributed by atoms with van der Waals surface area (Å²) in [6.07, 6.45) is 0.891. The molecular formula is C18H17NO3. The second-order valence-corrected chi connectivity index (χ2v) is 5.47. The van der Waals surface area contributed by atoms with E-state index in [1.165, 1.54) is 5.56 Å². The minimum atomic E-state index is 0.302. The molecule has 22 heavy (non-hydrogen) atoms. The Morgan fingerprint density at radius 2 is 1.82 bits per heavy atom. The van der Waals surface area contributed by atoms with Gasteiger partial charge in [-0.15, -0.1) is 0 Å². The van der Waals surface area contributed by atoms with Gasteiger partial charge in [0.1, 0.15) is 5.75 Å². The lowest BCUT2D eigenvalue weighted by Crippen LogP contribution is -2.12. The second kappa shape index (κ2) is 4.70. The maximum absolute atomic E-state index is 10.7. The number of anilines is 1. The highest BCUT2D eigenvalue weighted by molar-refractivity contribution is 6.21. The molecule has 0 saturated carbocycles. The zero-order valence-electron chi connectivity index (χ0n) is 12.6. The van der Waals surface area contributed by atoms with Gasteiger partial charge in [-0.25, -0.2) is 0 Å². The van der Waals surface area contributed by atoms with Crippen LogP contribution in [0.25, 0.3) is 21.5 Å². The third-order valence-electron chi connectivity index (χ3n) is 4.39. The number of rotatable bonds is 2. The van der Waals surface area contributed by atoms with Gasteiger partial charge in [0.25, 0.3) is 0 Å². The van der Waals surface area contributed by atoms with E-state index in [-0.39, 0.29) is 0 Å². The second-order valence-electron chi connectivity index (χ2n) is 5.47. The van der Waals surface area contributed by atoms with E-state index in [0.717, 1.165) is 45.9 Å². The van der Waals surface area contributed by atoms with Crippen LogP contribution in [0.3, 0.4) is 0 Å². The normalized spacial score (nSPS) is 13.2. The van der Waals surface area contributed by atoms with Crippen molar-refractivity contribution < 1.29 is 14.6 Å². The highest BCUT2D eigenvalue weighted by Gasteiger charge is 2.24. The Morgan fingerprint density at radius 3 is 2.55 bits per heavy atom. The molecule has 0 bridgehead atoms. The zero-order chi connectivity index (χ0) is 15.3. The Bertz CT molecular complexity index is 902. The molecule has 1 aliphatic heterocycles. The first-order chi connectivity index (χ1) is 10.8. The van der Waals surface area contributed by atoms with Gasteiger partial charge in [0.05, 0.1) is 19.9 Å². The van der Waals surface area contributed by atoms with Crippen LogP contribution in [0.5, 0.6) is 17.2 Å². The molecule has 0 unspecified atom stereocenters. The molecule has 0 saturated heterocycles. The van der Waals surface area contributed by atoms with Crippen LogP contribution in [0, 0.1) is 0 Å². The van der Waals surface area contributed by atoms with Crippen molar-refractivity contribution in [1.82, 2.24) is 0 Å². The van der Waals surface area contributed by atoms with Gasteiger partial charge in [0.2, 0.25) is 0 Å². The predicted molar refractivity (Wildman–Crippen MR) is 88.4 cm³/mol. The number of phenolic OH excluding ortho intramolecular Hbond substituents is 1. The van der Waals surface area contributed by atoms with E-state index in [0.29, 0.717) is 11.5 Å². The van der Waals surface area contributed by atoms with Crippen molar-refractivity contribution in [3.05, 3.63) is 35.9 Å². The minimum Gasteiger partial charge on any atom is -0.505 e. The summed E-state index contributed by atoms with van der Waals surface area (Å²) in [5, 5.41) is 17.8. The van der Waals surface area contributed by atoms with Gasteiger partial charge in [-0.2, -0.15) is 0 Å². The molecule has 0 atom stereocenters. The zero-order valence-corrected chi connectivity index (χ0v) is 12.6. The lowest BCUT2D eigenvalue weighted by atomic mass is 9.91. The van der Waals surface area contributed by atoms with E-state index >= 15 is 0 Å². The number of phenols is 1. The molecule has 0 aliphatic carbocycles. The maximum Gasteiger partial charge on any atom is 0.169 e. The van der Waals surface area contributed by atoms with Crippen LogP contribution >= 0.6 is 0 Å². The summed E-state index contributed by atoms with van der Waals surface area (Å²) < 4.78 is 11.2. The first-order valence-corrected chi connectivity index (χ1v) is 7.31. The van der Waals surface area contributed by atoms with Crippen molar-refractivity contribution in [1.29, 1.82) is 0 Å². The summed E-state index contributed by atoms with van der Waals surface area (Å²) in [6.45, 7) is 0.795. The molecule has 3 aromatic rings. The van der Waals surface area contributed by atoms with E-state index in [4.69, 9.17) is 9.47 Å². The van der Waals surface area contributed by atoms with Crippen LogP contribution in [0.2, 0.25) is 0 Å². The highest BCUT2D eigenvalue weighted by Crippen LogP contribution is 2.50. The Hall–Kier alpha value is -2.62. The standard InChI is InChI=1S/C18H17NO3/c1-21-13-9-10-7-8-19-16-14(10)15(18(13)22-2)11-5-3-4-6-12(11)17(16)20/h3-6,9,19-20H,7-8H2,1-2H3. The van der Waals surface area contributed by atoms with Crippen molar-refractivity contribution in [3.8, 4) is 17.2 Å². The molecule has 4 heteroatoms. The Labute approximate surface area is 128 Å². The Morgan fingerprint density at radius 1 is 1.05 bits per heavy atom. The van der Waals surface area contributed by atoms with Crippen molar-refractivity contribution in [2.45, 2.75) is 6.42 Å². The van der Waals surface area contributed by atoms with Gasteiger partial charge < -0.3 is 19.9 Å². The molecule has 1 heterocycles. The van der Waals surface area contributed by atoms with Gasteiger partial charge in [0, 0.05) is 22.7 Å². The molecule has 112 valence electrons. The van der Waals surface area contributed by atoms with E-state index in [1.807, 2.05) is 30.3 Å². The first kappa shape index (κ1) is 13.1.